The lowest BCUT2D eigenvalue weighted by atomic mass is 9.97. The summed E-state index contributed by atoms with van der Waals surface area (Å²) in [6, 6.07) is 2.71. The number of carbonyl (C=O) groups is 1. The highest BCUT2D eigenvalue weighted by atomic mass is 19.2. The van der Waals surface area contributed by atoms with Crippen LogP contribution in [0.4, 0.5) is 26.3 Å². The van der Waals surface area contributed by atoms with E-state index >= 15 is 0 Å². The van der Waals surface area contributed by atoms with Crippen molar-refractivity contribution in [3.05, 3.63) is 58.7 Å². The third-order valence-corrected chi connectivity index (χ3v) is 2.97. The lowest BCUT2D eigenvalue weighted by Gasteiger charge is -2.13. The van der Waals surface area contributed by atoms with Gasteiger partial charge in [0.2, 0.25) is 5.82 Å². The van der Waals surface area contributed by atoms with Gasteiger partial charge in [-0.05, 0) is 19.1 Å². The van der Waals surface area contributed by atoms with Gasteiger partial charge in [-0.15, -0.1) is 0 Å². The molecule has 2 aromatic rings. The first-order chi connectivity index (χ1) is 10.8. The summed E-state index contributed by atoms with van der Waals surface area (Å²) in [5.41, 5.74) is -3.24. The van der Waals surface area contributed by atoms with Crippen molar-refractivity contribution in [2.75, 3.05) is 6.61 Å². The molecule has 0 atom stereocenters. The molecule has 0 aliphatic heterocycles. The van der Waals surface area contributed by atoms with Gasteiger partial charge in [0.25, 0.3) is 0 Å². The summed E-state index contributed by atoms with van der Waals surface area (Å²) >= 11 is 0. The average Bonchev–Trinajstić information content (AvgIpc) is 2.52. The van der Waals surface area contributed by atoms with Gasteiger partial charge in [-0.25, -0.2) is 31.1 Å². The van der Waals surface area contributed by atoms with Crippen molar-refractivity contribution in [3.63, 3.8) is 0 Å². The van der Waals surface area contributed by atoms with E-state index < -0.39 is 57.6 Å². The first-order valence-corrected chi connectivity index (χ1v) is 6.28. The Labute approximate surface area is 126 Å². The molecule has 0 fully saturated rings. The summed E-state index contributed by atoms with van der Waals surface area (Å²) in [7, 11) is 0. The van der Waals surface area contributed by atoms with Gasteiger partial charge in [-0.2, -0.15) is 0 Å². The van der Waals surface area contributed by atoms with Crippen molar-refractivity contribution in [2.24, 2.45) is 0 Å². The van der Waals surface area contributed by atoms with Crippen LogP contribution in [0.15, 0.2) is 18.2 Å². The van der Waals surface area contributed by atoms with E-state index in [9.17, 15) is 31.1 Å². The van der Waals surface area contributed by atoms with Crippen LogP contribution in [0, 0.1) is 34.9 Å². The largest absolute Gasteiger partial charge is 0.462 e. The van der Waals surface area contributed by atoms with Crippen molar-refractivity contribution >= 4 is 5.97 Å². The number of esters is 1. The minimum absolute atomic E-state index is 0.133. The van der Waals surface area contributed by atoms with Crippen molar-refractivity contribution < 1.29 is 35.9 Å². The number of rotatable bonds is 3. The van der Waals surface area contributed by atoms with E-state index in [1.165, 1.54) is 6.92 Å². The Balaban J connectivity index is 2.86. The fourth-order valence-corrected chi connectivity index (χ4v) is 1.98. The second-order valence-corrected chi connectivity index (χ2v) is 4.33. The van der Waals surface area contributed by atoms with E-state index in [4.69, 9.17) is 0 Å². The van der Waals surface area contributed by atoms with Crippen LogP contribution in [0.25, 0.3) is 11.1 Å². The Morgan fingerprint density at radius 2 is 1.39 bits per heavy atom. The molecule has 2 aromatic carbocycles. The zero-order valence-electron chi connectivity index (χ0n) is 11.5. The monoisotopic (exact) mass is 334 g/mol. The van der Waals surface area contributed by atoms with E-state index in [-0.39, 0.29) is 6.61 Å². The van der Waals surface area contributed by atoms with Gasteiger partial charge >= 0.3 is 5.97 Å². The molecule has 2 nitrogen and oxygen atoms in total. The van der Waals surface area contributed by atoms with Crippen molar-refractivity contribution in [3.8, 4) is 11.1 Å². The van der Waals surface area contributed by atoms with E-state index in [0.29, 0.717) is 0 Å². The minimum Gasteiger partial charge on any atom is -0.462 e. The lowest BCUT2D eigenvalue weighted by molar-refractivity contribution is 0.0526. The Kier molecular flexibility index (Phi) is 4.63. The van der Waals surface area contributed by atoms with Crippen LogP contribution in [0.5, 0.6) is 0 Å². The van der Waals surface area contributed by atoms with E-state index in [2.05, 4.69) is 4.74 Å². The fraction of sp³-hybridized carbons (Fsp3) is 0.133. The summed E-state index contributed by atoms with van der Waals surface area (Å²) in [5.74, 6) is -13.8. The van der Waals surface area contributed by atoms with Crippen LogP contribution >= 0.6 is 0 Å². The van der Waals surface area contributed by atoms with Gasteiger partial charge in [0.1, 0.15) is 5.82 Å². The molecule has 0 aliphatic rings. The number of ether oxygens (including phenoxy) is 1. The second-order valence-electron chi connectivity index (χ2n) is 4.33. The number of benzene rings is 2. The van der Waals surface area contributed by atoms with Gasteiger partial charge in [0, 0.05) is 5.56 Å². The summed E-state index contributed by atoms with van der Waals surface area (Å²) < 4.78 is 86.0. The molecule has 0 aromatic heterocycles. The van der Waals surface area contributed by atoms with Crippen LogP contribution in [0.1, 0.15) is 17.3 Å². The Hall–Kier alpha value is -2.51. The van der Waals surface area contributed by atoms with Crippen molar-refractivity contribution in [1.29, 1.82) is 0 Å². The first-order valence-electron chi connectivity index (χ1n) is 6.28. The zero-order chi connectivity index (χ0) is 17.3. The molecule has 8 heteroatoms. The van der Waals surface area contributed by atoms with Gasteiger partial charge in [0.05, 0.1) is 17.7 Å². The lowest BCUT2D eigenvalue weighted by Crippen LogP contribution is -2.11. The maximum atomic E-state index is 14.0. The summed E-state index contributed by atoms with van der Waals surface area (Å²) in [6.07, 6.45) is 0. The average molecular weight is 334 g/mol. The molecule has 0 saturated carbocycles. The molecular formula is C15H8F6O2. The number of halogens is 6. The summed E-state index contributed by atoms with van der Waals surface area (Å²) in [5, 5.41) is 0. The molecule has 0 unspecified atom stereocenters. The summed E-state index contributed by atoms with van der Waals surface area (Å²) in [4.78, 5) is 11.8. The predicted octanol–water partition coefficient (Wildman–Crippen LogP) is 4.36. The smallest absolute Gasteiger partial charge is 0.338 e. The highest BCUT2D eigenvalue weighted by molar-refractivity contribution is 5.97. The molecule has 122 valence electrons. The van der Waals surface area contributed by atoms with Crippen LogP contribution in [-0.4, -0.2) is 12.6 Å². The number of hydrogen-bond acceptors (Lipinski definition) is 2. The second kappa shape index (κ2) is 6.31. The van der Waals surface area contributed by atoms with E-state index in [1.54, 1.807) is 0 Å². The molecule has 0 saturated heterocycles. The van der Waals surface area contributed by atoms with Crippen molar-refractivity contribution in [1.82, 2.24) is 0 Å². The maximum Gasteiger partial charge on any atom is 0.338 e. The molecule has 0 aliphatic carbocycles. The molecule has 0 N–H and O–H groups in total. The van der Waals surface area contributed by atoms with E-state index in [0.717, 1.165) is 18.2 Å². The van der Waals surface area contributed by atoms with E-state index in [1.807, 2.05) is 0 Å². The fourth-order valence-electron chi connectivity index (χ4n) is 1.98. The molecule has 0 spiro atoms. The van der Waals surface area contributed by atoms with Crippen LogP contribution in [0.2, 0.25) is 0 Å². The standard InChI is InChI=1S/C15H8F6O2/c1-2-23-15(22)6-4-3-5-7(16)8(6)9-10(17)12(19)14(21)13(20)11(9)18/h3-5H,2H2,1H3. The Morgan fingerprint density at radius 1 is 0.870 bits per heavy atom. The molecule has 0 bridgehead atoms. The first kappa shape index (κ1) is 16.9. The van der Waals surface area contributed by atoms with Crippen LogP contribution in [-0.2, 0) is 4.74 Å². The summed E-state index contributed by atoms with van der Waals surface area (Å²) in [6.45, 7) is 1.29. The number of hydrogen-bond donors (Lipinski definition) is 0. The molecule has 0 heterocycles. The molecule has 0 radical (unpaired) electrons. The highest BCUT2D eigenvalue weighted by Crippen LogP contribution is 2.35. The SMILES string of the molecule is CCOC(=O)c1cccc(F)c1-c1c(F)c(F)c(F)c(F)c1F. The molecule has 2 rings (SSSR count). The predicted molar refractivity (Wildman–Crippen MR) is 67.6 cm³/mol. The van der Waals surface area contributed by atoms with Crippen LogP contribution in [0.3, 0.4) is 0 Å². The van der Waals surface area contributed by atoms with Crippen molar-refractivity contribution in [2.45, 2.75) is 6.92 Å². The van der Waals surface area contributed by atoms with Gasteiger partial charge in [-0.1, -0.05) is 6.07 Å². The normalized spacial score (nSPS) is 10.7. The van der Waals surface area contributed by atoms with Gasteiger partial charge in [-0.3, -0.25) is 0 Å². The molecular weight excluding hydrogens is 326 g/mol. The quantitative estimate of drug-likeness (QED) is 0.361. The minimum atomic E-state index is -2.38. The third-order valence-electron chi connectivity index (χ3n) is 2.97. The number of carbonyl (C=O) groups excluding carboxylic acids is 1. The third kappa shape index (κ3) is 2.76. The Morgan fingerprint density at radius 3 is 1.91 bits per heavy atom. The molecule has 0 amide bonds. The Bertz CT molecular complexity index is 759. The van der Waals surface area contributed by atoms with Gasteiger partial charge in [0.15, 0.2) is 23.3 Å². The van der Waals surface area contributed by atoms with Crippen LogP contribution < -0.4 is 0 Å². The molecule has 23 heavy (non-hydrogen) atoms. The maximum absolute atomic E-state index is 14.0. The topological polar surface area (TPSA) is 26.3 Å². The van der Waals surface area contributed by atoms with Gasteiger partial charge < -0.3 is 4.74 Å². The zero-order valence-corrected chi connectivity index (χ0v) is 11.5. The highest BCUT2D eigenvalue weighted by Gasteiger charge is 2.31.